The molecule has 2 N–H and O–H groups in total. The highest BCUT2D eigenvalue weighted by atomic mass is 16.5. The van der Waals surface area contributed by atoms with Crippen molar-refractivity contribution in [1.29, 1.82) is 0 Å². The lowest BCUT2D eigenvalue weighted by Crippen LogP contribution is -2.38. The van der Waals surface area contributed by atoms with E-state index in [-0.39, 0.29) is 5.91 Å². The Bertz CT molecular complexity index is 799. The molecule has 1 aliphatic heterocycles. The minimum Gasteiger partial charge on any atom is -0.379 e. The fourth-order valence-electron chi connectivity index (χ4n) is 3.36. The third-order valence-electron chi connectivity index (χ3n) is 4.92. The highest BCUT2D eigenvalue weighted by Gasteiger charge is 2.12. The first-order chi connectivity index (χ1) is 14.2. The van der Waals surface area contributed by atoms with Crippen LogP contribution in [-0.2, 0) is 16.1 Å². The largest absolute Gasteiger partial charge is 0.379 e. The van der Waals surface area contributed by atoms with Crippen LogP contribution in [0.25, 0.3) is 6.08 Å². The number of anilines is 1. The van der Waals surface area contributed by atoms with Gasteiger partial charge in [0.1, 0.15) is 0 Å². The fraction of sp³-hybridized carbons (Fsp3) is 0.375. The summed E-state index contributed by atoms with van der Waals surface area (Å²) in [7, 11) is 0. The number of rotatable bonds is 9. The molecule has 1 fully saturated rings. The van der Waals surface area contributed by atoms with E-state index < -0.39 is 0 Å². The van der Waals surface area contributed by atoms with Gasteiger partial charge in [-0.05, 0) is 30.2 Å². The Morgan fingerprint density at radius 1 is 1.10 bits per heavy atom. The van der Waals surface area contributed by atoms with Crippen molar-refractivity contribution in [2.45, 2.75) is 19.9 Å². The number of nitrogens with one attached hydrogen (secondary N) is 2. The van der Waals surface area contributed by atoms with Crippen LogP contribution >= 0.6 is 0 Å². The average Bonchev–Trinajstić information content (AvgIpc) is 2.74. The van der Waals surface area contributed by atoms with Crippen LogP contribution in [-0.4, -0.2) is 50.2 Å². The molecule has 0 aliphatic carbocycles. The Morgan fingerprint density at radius 2 is 1.90 bits per heavy atom. The first-order valence-electron chi connectivity index (χ1n) is 10.3. The Labute approximate surface area is 173 Å². The predicted octanol–water partition coefficient (Wildman–Crippen LogP) is 3.54. The SMILES string of the molecule is C/C(=C/c1ccccc1)CNCc1cccc(NC(=O)CCN2CCOCC2)c1. The fourth-order valence-corrected chi connectivity index (χ4v) is 3.36. The van der Waals surface area contributed by atoms with Crippen molar-refractivity contribution in [2.24, 2.45) is 0 Å². The maximum absolute atomic E-state index is 12.3. The highest BCUT2D eigenvalue weighted by molar-refractivity contribution is 5.90. The first-order valence-corrected chi connectivity index (χ1v) is 10.3. The van der Waals surface area contributed by atoms with Gasteiger partial charge in [-0.15, -0.1) is 0 Å². The maximum Gasteiger partial charge on any atom is 0.225 e. The Morgan fingerprint density at radius 3 is 2.69 bits per heavy atom. The Kier molecular flexibility index (Phi) is 8.43. The molecule has 0 spiro atoms. The van der Waals surface area contributed by atoms with Gasteiger partial charge in [-0.25, -0.2) is 0 Å². The van der Waals surface area contributed by atoms with Crippen molar-refractivity contribution in [1.82, 2.24) is 10.2 Å². The zero-order valence-corrected chi connectivity index (χ0v) is 17.2. The number of nitrogens with zero attached hydrogens (tertiary/aromatic N) is 1. The first kappa shape index (κ1) is 21.2. The summed E-state index contributed by atoms with van der Waals surface area (Å²) in [6.45, 7) is 7.84. The van der Waals surface area contributed by atoms with Gasteiger partial charge in [-0.2, -0.15) is 0 Å². The lowest BCUT2D eigenvalue weighted by Gasteiger charge is -2.26. The summed E-state index contributed by atoms with van der Waals surface area (Å²) in [5, 5.41) is 6.49. The second-order valence-electron chi connectivity index (χ2n) is 7.46. The summed E-state index contributed by atoms with van der Waals surface area (Å²) >= 11 is 0. The van der Waals surface area contributed by atoms with E-state index in [9.17, 15) is 4.79 Å². The van der Waals surface area contributed by atoms with Crippen molar-refractivity contribution in [3.05, 3.63) is 71.3 Å². The van der Waals surface area contributed by atoms with E-state index in [1.807, 2.05) is 36.4 Å². The third kappa shape index (κ3) is 7.81. The Balaban J connectivity index is 1.41. The van der Waals surface area contributed by atoms with Gasteiger partial charge in [0.15, 0.2) is 0 Å². The normalized spacial score (nSPS) is 15.3. The molecule has 5 nitrogen and oxygen atoms in total. The summed E-state index contributed by atoms with van der Waals surface area (Å²) in [5.41, 5.74) is 4.51. The molecular weight excluding hydrogens is 362 g/mol. The second-order valence-corrected chi connectivity index (χ2v) is 7.46. The zero-order valence-electron chi connectivity index (χ0n) is 17.2. The average molecular weight is 394 g/mol. The summed E-state index contributed by atoms with van der Waals surface area (Å²) < 4.78 is 5.34. The van der Waals surface area contributed by atoms with Gasteiger partial charge in [-0.1, -0.05) is 54.1 Å². The molecule has 5 heteroatoms. The number of benzene rings is 2. The standard InChI is InChI=1S/C24H31N3O2/c1-20(16-21-6-3-2-4-7-21)18-25-19-22-8-5-9-23(17-22)26-24(28)10-11-27-12-14-29-15-13-27/h2-9,16-17,25H,10-15,18-19H2,1H3,(H,26,28)/b20-16-. The highest BCUT2D eigenvalue weighted by Crippen LogP contribution is 2.12. The molecule has 2 aromatic rings. The van der Waals surface area contributed by atoms with Crippen molar-refractivity contribution >= 4 is 17.7 Å². The van der Waals surface area contributed by atoms with Crippen molar-refractivity contribution in [3.63, 3.8) is 0 Å². The van der Waals surface area contributed by atoms with Gasteiger partial charge >= 0.3 is 0 Å². The maximum atomic E-state index is 12.3. The number of ether oxygens (including phenoxy) is 1. The molecule has 1 aliphatic rings. The minimum absolute atomic E-state index is 0.0586. The number of carbonyl (C=O) groups is 1. The van der Waals surface area contributed by atoms with Gasteiger partial charge in [0.05, 0.1) is 13.2 Å². The number of morpholine rings is 1. The topological polar surface area (TPSA) is 53.6 Å². The van der Waals surface area contributed by atoms with E-state index in [2.05, 4.69) is 46.7 Å². The van der Waals surface area contributed by atoms with Crippen molar-refractivity contribution in [3.8, 4) is 0 Å². The van der Waals surface area contributed by atoms with E-state index in [1.54, 1.807) is 0 Å². The van der Waals surface area contributed by atoms with Gasteiger partial charge in [0.2, 0.25) is 5.91 Å². The summed E-state index contributed by atoms with van der Waals surface area (Å²) in [5.74, 6) is 0.0586. The quantitative estimate of drug-likeness (QED) is 0.684. The minimum atomic E-state index is 0.0586. The molecule has 0 bridgehead atoms. The van der Waals surface area contributed by atoms with E-state index in [0.29, 0.717) is 6.42 Å². The van der Waals surface area contributed by atoms with E-state index in [1.165, 1.54) is 11.1 Å². The molecule has 0 atom stereocenters. The molecule has 154 valence electrons. The number of hydrogen-bond acceptors (Lipinski definition) is 4. The number of carbonyl (C=O) groups excluding carboxylic acids is 1. The number of amides is 1. The van der Waals surface area contributed by atoms with Crippen LogP contribution in [0.15, 0.2) is 60.2 Å². The monoisotopic (exact) mass is 393 g/mol. The predicted molar refractivity (Wildman–Crippen MR) is 119 cm³/mol. The molecule has 29 heavy (non-hydrogen) atoms. The van der Waals surface area contributed by atoms with Crippen LogP contribution in [0.5, 0.6) is 0 Å². The molecule has 0 unspecified atom stereocenters. The summed E-state index contributed by atoms with van der Waals surface area (Å²) in [6.07, 6.45) is 2.70. The summed E-state index contributed by atoms with van der Waals surface area (Å²) in [4.78, 5) is 14.5. The van der Waals surface area contributed by atoms with E-state index in [0.717, 1.165) is 57.2 Å². The third-order valence-corrected chi connectivity index (χ3v) is 4.92. The lowest BCUT2D eigenvalue weighted by atomic mass is 10.1. The van der Waals surface area contributed by atoms with Crippen LogP contribution < -0.4 is 10.6 Å². The van der Waals surface area contributed by atoms with Crippen LogP contribution in [0.3, 0.4) is 0 Å². The van der Waals surface area contributed by atoms with Crippen LogP contribution in [0.4, 0.5) is 5.69 Å². The molecule has 1 amide bonds. The van der Waals surface area contributed by atoms with Gasteiger partial charge in [0.25, 0.3) is 0 Å². The van der Waals surface area contributed by atoms with Crippen molar-refractivity contribution in [2.75, 3.05) is 44.7 Å². The zero-order chi connectivity index (χ0) is 20.3. The van der Waals surface area contributed by atoms with Crippen LogP contribution in [0.2, 0.25) is 0 Å². The van der Waals surface area contributed by atoms with Gasteiger partial charge in [-0.3, -0.25) is 9.69 Å². The molecular formula is C24H31N3O2. The molecule has 0 aromatic heterocycles. The van der Waals surface area contributed by atoms with E-state index >= 15 is 0 Å². The van der Waals surface area contributed by atoms with Gasteiger partial charge in [0, 0.05) is 44.8 Å². The molecule has 1 heterocycles. The lowest BCUT2D eigenvalue weighted by molar-refractivity contribution is -0.116. The molecule has 1 saturated heterocycles. The van der Waals surface area contributed by atoms with Crippen molar-refractivity contribution < 1.29 is 9.53 Å². The summed E-state index contributed by atoms with van der Waals surface area (Å²) in [6, 6.07) is 18.4. The molecule has 0 saturated carbocycles. The Hall–Kier alpha value is -2.47. The smallest absolute Gasteiger partial charge is 0.225 e. The second kappa shape index (κ2) is 11.5. The van der Waals surface area contributed by atoms with E-state index in [4.69, 9.17) is 4.74 Å². The van der Waals surface area contributed by atoms with Crippen LogP contribution in [0.1, 0.15) is 24.5 Å². The number of hydrogen-bond donors (Lipinski definition) is 2. The molecule has 3 rings (SSSR count). The molecule has 0 radical (unpaired) electrons. The van der Waals surface area contributed by atoms with Crippen LogP contribution in [0, 0.1) is 0 Å². The molecule has 2 aromatic carbocycles. The van der Waals surface area contributed by atoms with Gasteiger partial charge < -0.3 is 15.4 Å².